The minimum Gasteiger partial charge on any atom is -0.379 e. The zero-order valence-corrected chi connectivity index (χ0v) is 7.83. The van der Waals surface area contributed by atoms with E-state index >= 15 is 0 Å². The van der Waals surface area contributed by atoms with Crippen LogP contribution in [0.15, 0.2) is 4.99 Å². The van der Waals surface area contributed by atoms with E-state index in [0.29, 0.717) is 0 Å². The Labute approximate surface area is 74.4 Å². The van der Waals surface area contributed by atoms with Crippen molar-refractivity contribution in [1.82, 2.24) is 4.90 Å². The summed E-state index contributed by atoms with van der Waals surface area (Å²) in [7, 11) is 0. The first-order valence-electron chi connectivity index (χ1n) is 4.68. The van der Waals surface area contributed by atoms with E-state index < -0.39 is 0 Å². The van der Waals surface area contributed by atoms with Gasteiger partial charge in [0.25, 0.3) is 0 Å². The summed E-state index contributed by atoms with van der Waals surface area (Å²) in [5, 5.41) is 0. The number of ether oxygens (including phenoxy) is 1. The zero-order valence-electron chi connectivity index (χ0n) is 7.83. The van der Waals surface area contributed by atoms with Crippen molar-refractivity contribution in [1.29, 1.82) is 0 Å². The van der Waals surface area contributed by atoms with Crippen LogP contribution in [0.5, 0.6) is 0 Å². The van der Waals surface area contributed by atoms with Gasteiger partial charge in [-0.1, -0.05) is 0 Å². The molecule has 0 aromatic heterocycles. The highest BCUT2D eigenvalue weighted by molar-refractivity contribution is 5.53. The molecule has 0 spiro atoms. The van der Waals surface area contributed by atoms with Gasteiger partial charge in [-0.15, -0.1) is 0 Å². The average Bonchev–Trinajstić information content (AvgIpc) is 2.14. The van der Waals surface area contributed by atoms with Gasteiger partial charge in [-0.3, -0.25) is 9.89 Å². The van der Waals surface area contributed by atoms with E-state index in [0.717, 1.165) is 32.8 Å². The minimum absolute atomic E-state index is 0.900. The van der Waals surface area contributed by atoms with Gasteiger partial charge in [-0.2, -0.15) is 0 Å². The normalized spacial score (nSPS) is 20.4. The average molecular weight is 170 g/mol. The van der Waals surface area contributed by atoms with E-state index in [2.05, 4.69) is 9.89 Å². The fourth-order valence-electron chi connectivity index (χ4n) is 1.34. The molecular formula is C9H18N2O. The largest absolute Gasteiger partial charge is 0.379 e. The second kappa shape index (κ2) is 6.14. The SMILES string of the molecule is C/C=N\CCCN1CCOCC1. The smallest absolute Gasteiger partial charge is 0.0594 e. The molecule has 3 nitrogen and oxygen atoms in total. The topological polar surface area (TPSA) is 24.8 Å². The van der Waals surface area contributed by atoms with Gasteiger partial charge in [0.2, 0.25) is 0 Å². The van der Waals surface area contributed by atoms with Gasteiger partial charge < -0.3 is 4.74 Å². The Bertz CT molecular complexity index is 130. The molecule has 0 radical (unpaired) electrons. The number of hydrogen-bond donors (Lipinski definition) is 0. The first-order chi connectivity index (χ1) is 5.93. The van der Waals surface area contributed by atoms with Crippen LogP contribution in [0.2, 0.25) is 0 Å². The third kappa shape index (κ3) is 3.83. The van der Waals surface area contributed by atoms with Crippen molar-refractivity contribution >= 4 is 6.21 Å². The van der Waals surface area contributed by atoms with Crippen LogP contribution in [0.3, 0.4) is 0 Å². The standard InChI is InChI=1S/C9H18N2O/c1-2-10-4-3-5-11-6-8-12-9-7-11/h2H,3-9H2,1H3/b10-2-. The Morgan fingerprint density at radius 1 is 1.42 bits per heavy atom. The predicted molar refractivity (Wildman–Crippen MR) is 50.9 cm³/mol. The maximum absolute atomic E-state index is 5.26. The molecule has 0 N–H and O–H groups in total. The molecular weight excluding hydrogens is 152 g/mol. The van der Waals surface area contributed by atoms with Gasteiger partial charge >= 0.3 is 0 Å². The van der Waals surface area contributed by atoms with Gasteiger partial charge in [-0.25, -0.2) is 0 Å². The van der Waals surface area contributed by atoms with Gasteiger partial charge in [0.05, 0.1) is 13.2 Å². The van der Waals surface area contributed by atoms with Crippen molar-refractivity contribution in [3.05, 3.63) is 0 Å². The zero-order chi connectivity index (χ0) is 8.65. The highest BCUT2D eigenvalue weighted by atomic mass is 16.5. The van der Waals surface area contributed by atoms with E-state index in [1.54, 1.807) is 0 Å². The summed E-state index contributed by atoms with van der Waals surface area (Å²) >= 11 is 0. The van der Waals surface area contributed by atoms with Crippen molar-refractivity contribution < 1.29 is 4.74 Å². The molecule has 1 aliphatic rings. The lowest BCUT2D eigenvalue weighted by Gasteiger charge is -2.26. The summed E-state index contributed by atoms with van der Waals surface area (Å²) in [5.74, 6) is 0. The van der Waals surface area contributed by atoms with Gasteiger partial charge in [0, 0.05) is 26.2 Å². The van der Waals surface area contributed by atoms with Gasteiger partial charge in [0.15, 0.2) is 0 Å². The molecule has 0 aliphatic carbocycles. The fourth-order valence-corrected chi connectivity index (χ4v) is 1.34. The number of aliphatic imine (C=N–C) groups is 1. The molecule has 1 saturated heterocycles. The molecule has 70 valence electrons. The van der Waals surface area contributed by atoms with Crippen LogP contribution in [0.4, 0.5) is 0 Å². The Kier molecular flexibility index (Phi) is 4.95. The second-order valence-electron chi connectivity index (χ2n) is 2.97. The molecule has 0 aromatic rings. The third-order valence-electron chi connectivity index (χ3n) is 2.05. The van der Waals surface area contributed by atoms with Crippen LogP contribution in [0.25, 0.3) is 0 Å². The van der Waals surface area contributed by atoms with E-state index in [4.69, 9.17) is 4.74 Å². The van der Waals surface area contributed by atoms with Crippen molar-refractivity contribution in [3.63, 3.8) is 0 Å². The lowest BCUT2D eigenvalue weighted by atomic mass is 10.3. The summed E-state index contributed by atoms with van der Waals surface area (Å²) in [6, 6.07) is 0. The van der Waals surface area contributed by atoms with E-state index in [9.17, 15) is 0 Å². The molecule has 0 aromatic carbocycles. The molecule has 0 atom stereocenters. The van der Waals surface area contributed by atoms with Crippen LogP contribution in [-0.4, -0.2) is 50.5 Å². The summed E-state index contributed by atoms with van der Waals surface area (Å²) < 4.78 is 5.26. The van der Waals surface area contributed by atoms with Gasteiger partial charge in [0.1, 0.15) is 0 Å². The van der Waals surface area contributed by atoms with Crippen LogP contribution >= 0.6 is 0 Å². The lowest BCUT2D eigenvalue weighted by molar-refractivity contribution is 0.0377. The molecule has 0 unspecified atom stereocenters. The Hall–Kier alpha value is -0.410. The van der Waals surface area contributed by atoms with Crippen LogP contribution < -0.4 is 0 Å². The number of nitrogens with zero attached hydrogens (tertiary/aromatic N) is 2. The molecule has 0 amide bonds. The quantitative estimate of drug-likeness (QED) is 0.460. The molecule has 3 heteroatoms. The van der Waals surface area contributed by atoms with E-state index in [-0.39, 0.29) is 0 Å². The van der Waals surface area contributed by atoms with Crippen LogP contribution in [0.1, 0.15) is 13.3 Å². The maximum Gasteiger partial charge on any atom is 0.0594 e. The van der Waals surface area contributed by atoms with Crippen molar-refractivity contribution in [2.75, 3.05) is 39.4 Å². The molecule has 0 bridgehead atoms. The fraction of sp³-hybridized carbons (Fsp3) is 0.889. The summed E-state index contributed by atoms with van der Waals surface area (Å²) in [6.45, 7) is 8.09. The molecule has 1 aliphatic heterocycles. The number of hydrogen-bond acceptors (Lipinski definition) is 3. The molecule has 12 heavy (non-hydrogen) atoms. The Morgan fingerprint density at radius 2 is 2.17 bits per heavy atom. The predicted octanol–water partition coefficient (Wildman–Crippen LogP) is 0.799. The minimum atomic E-state index is 0.900. The molecule has 0 saturated carbocycles. The molecule has 1 rings (SSSR count). The number of morpholine rings is 1. The molecule has 1 fully saturated rings. The third-order valence-corrected chi connectivity index (χ3v) is 2.05. The van der Waals surface area contributed by atoms with Crippen molar-refractivity contribution in [2.45, 2.75) is 13.3 Å². The first-order valence-corrected chi connectivity index (χ1v) is 4.68. The van der Waals surface area contributed by atoms with Crippen molar-refractivity contribution in [2.24, 2.45) is 4.99 Å². The first kappa shape index (κ1) is 9.68. The Morgan fingerprint density at radius 3 is 2.83 bits per heavy atom. The second-order valence-corrected chi connectivity index (χ2v) is 2.97. The van der Waals surface area contributed by atoms with E-state index in [1.165, 1.54) is 13.0 Å². The molecule has 1 heterocycles. The summed E-state index contributed by atoms with van der Waals surface area (Å²) in [5.41, 5.74) is 0. The maximum atomic E-state index is 5.26. The van der Waals surface area contributed by atoms with E-state index in [1.807, 2.05) is 13.1 Å². The van der Waals surface area contributed by atoms with Gasteiger partial charge in [-0.05, 0) is 19.6 Å². The summed E-state index contributed by atoms with van der Waals surface area (Å²) in [6.07, 6.45) is 3.05. The van der Waals surface area contributed by atoms with Crippen LogP contribution in [0, 0.1) is 0 Å². The number of rotatable bonds is 4. The van der Waals surface area contributed by atoms with Crippen molar-refractivity contribution in [3.8, 4) is 0 Å². The highest BCUT2D eigenvalue weighted by Gasteiger charge is 2.08. The van der Waals surface area contributed by atoms with Crippen LogP contribution in [-0.2, 0) is 4.74 Å². The Balaban J connectivity index is 1.97. The highest BCUT2D eigenvalue weighted by Crippen LogP contribution is 1.97. The summed E-state index contributed by atoms with van der Waals surface area (Å²) in [4.78, 5) is 6.61. The monoisotopic (exact) mass is 170 g/mol. The lowest BCUT2D eigenvalue weighted by Crippen LogP contribution is -2.37.